The van der Waals surface area contributed by atoms with Gasteiger partial charge in [-0.25, -0.2) is 9.97 Å². The lowest BCUT2D eigenvalue weighted by molar-refractivity contribution is -0.141. The number of aromatic nitrogens is 2. The molecule has 1 aliphatic rings. The minimum absolute atomic E-state index is 0.00208. The number of carbonyl (C=O) groups excluding carboxylic acids is 5. The topological polar surface area (TPSA) is 292 Å². The molecule has 4 aromatic rings. The van der Waals surface area contributed by atoms with Gasteiger partial charge in [-0.15, -0.1) is 0 Å². The highest BCUT2D eigenvalue weighted by Crippen LogP contribution is 2.40. The fourth-order valence-electron chi connectivity index (χ4n) is 7.22. The molecule has 1 aromatic heterocycles. The summed E-state index contributed by atoms with van der Waals surface area (Å²) < 4.78 is 18.1. The standard InChI is InChI=1S/C47H59N11O8/c1-27-35(26-53-41(54-27)30-8-11-32(12-9-30)66-47(3,4)5)43(60)56-36(15-16-48)46(63)58(6)40-31-10-14-39(65-22-19-51)34(25-31)33-23-29(7-13-38(33)64-21-18-50)24-37(44(61)52-20-17-49)57-42(59)28(2)55-45(40)62/h7-14,23,25-26,28,36-37,40H,15-16,18-22,24,48,50-51H2,1-6H3,(H,52,61)(H,55,62)(H,56,60)(H,57,59)/t28-,36?,37-,40-/m0/s1. The van der Waals surface area contributed by atoms with Crippen molar-refractivity contribution in [3.63, 3.8) is 0 Å². The molecule has 10 N–H and O–H groups in total. The van der Waals surface area contributed by atoms with E-state index in [0.29, 0.717) is 56.6 Å². The van der Waals surface area contributed by atoms with Crippen molar-refractivity contribution in [2.24, 2.45) is 17.2 Å². The molecule has 1 aliphatic heterocycles. The van der Waals surface area contributed by atoms with E-state index in [1.54, 1.807) is 43.3 Å². The van der Waals surface area contributed by atoms with Crippen LogP contribution in [0.15, 0.2) is 66.9 Å². The second-order valence-corrected chi connectivity index (χ2v) is 16.6. The molecule has 5 rings (SSSR count). The molecule has 2 heterocycles. The Morgan fingerprint density at radius 2 is 1.58 bits per heavy atom. The van der Waals surface area contributed by atoms with Gasteiger partial charge in [-0.1, -0.05) is 12.1 Å². The molecule has 0 saturated carbocycles. The van der Waals surface area contributed by atoms with Gasteiger partial charge < -0.3 is 57.6 Å². The van der Waals surface area contributed by atoms with Crippen molar-refractivity contribution >= 4 is 29.5 Å². The fraction of sp³-hybridized carbons (Fsp3) is 0.404. The van der Waals surface area contributed by atoms with Gasteiger partial charge in [0.1, 0.15) is 66.8 Å². The zero-order chi connectivity index (χ0) is 48.1. The van der Waals surface area contributed by atoms with Crippen LogP contribution in [0.2, 0.25) is 0 Å². The maximum atomic E-state index is 14.6. The Morgan fingerprint density at radius 1 is 0.924 bits per heavy atom. The highest BCUT2D eigenvalue weighted by Gasteiger charge is 2.36. The number of nitrogens with zero attached hydrogens (tertiary/aromatic N) is 4. The number of amides is 5. The normalized spacial score (nSPS) is 16.6. The van der Waals surface area contributed by atoms with E-state index < -0.39 is 53.7 Å². The first kappa shape index (κ1) is 49.9. The van der Waals surface area contributed by atoms with Gasteiger partial charge in [-0.2, -0.15) is 5.26 Å². The van der Waals surface area contributed by atoms with Crippen LogP contribution in [0.1, 0.15) is 67.3 Å². The van der Waals surface area contributed by atoms with Gasteiger partial charge in [0.05, 0.1) is 17.3 Å². The second kappa shape index (κ2) is 22.7. The summed E-state index contributed by atoms with van der Waals surface area (Å²) in [7, 11) is 1.40. The van der Waals surface area contributed by atoms with E-state index in [9.17, 15) is 24.0 Å². The van der Waals surface area contributed by atoms with Crippen molar-refractivity contribution < 1.29 is 38.2 Å². The lowest BCUT2D eigenvalue weighted by atomic mass is 9.93. The molecule has 0 spiro atoms. The van der Waals surface area contributed by atoms with Crippen molar-refractivity contribution in [2.45, 2.75) is 77.2 Å². The van der Waals surface area contributed by atoms with E-state index in [-0.39, 0.29) is 63.4 Å². The number of hydrogen-bond acceptors (Lipinski definition) is 14. The zero-order valence-corrected chi connectivity index (χ0v) is 38.1. The minimum Gasteiger partial charge on any atom is -0.492 e. The Balaban J connectivity index is 1.54. The van der Waals surface area contributed by atoms with E-state index in [2.05, 4.69) is 31.2 Å². The molecule has 4 atom stereocenters. The van der Waals surface area contributed by atoms with Gasteiger partial charge in [0.15, 0.2) is 5.82 Å². The summed E-state index contributed by atoms with van der Waals surface area (Å²) in [5.41, 5.74) is 20.3. The number of aryl methyl sites for hydroxylation is 1. The van der Waals surface area contributed by atoms with E-state index in [0.717, 1.165) is 0 Å². The predicted molar refractivity (Wildman–Crippen MR) is 246 cm³/mol. The maximum absolute atomic E-state index is 14.6. The number of nitriles is 1. The second-order valence-electron chi connectivity index (χ2n) is 16.6. The number of nitrogens with two attached hydrogens (primary N) is 3. The van der Waals surface area contributed by atoms with Crippen LogP contribution in [-0.4, -0.2) is 115 Å². The molecule has 1 unspecified atom stereocenters. The lowest BCUT2D eigenvalue weighted by Gasteiger charge is -2.32. The van der Waals surface area contributed by atoms with Gasteiger partial charge in [0, 0.05) is 49.4 Å². The molecule has 3 aromatic carbocycles. The molecule has 350 valence electrons. The van der Waals surface area contributed by atoms with Crippen molar-refractivity contribution in [1.29, 1.82) is 5.26 Å². The van der Waals surface area contributed by atoms with Crippen LogP contribution in [0.3, 0.4) is 0 Å². The zero-order valence-electron chi connectivity index (χ0n) is 38.1. The molecule has 66 heavy (non-hydrogen) atoms. The smallest absolute Gasteiger partial charge is 0.255 e. The average Bonchev–Trinajstić information content (AvgIpc) is 3.28. The van der Waals surface area contributed by atoms with E-state index >= 15 is 0 Å². The Morgan fingerprint density at radius 3 is 2.18 bits per heavy atom. The number of benzene rings is 3. The largest absolute Gasteiger partial charge is 0.492 e. The Bertz CT molecular complexity index is 2430. The van der Waals surface area contributed by atoms with Crippen LogP contribution in [0, 0.1) is 18.3 Å². The highest BCUT2D eigenvalue weighted by molar-refractivity contribution is 6.00. The van der Waals surface area contributed by atoms with Crippen LogP contribution in [0.4, 0.5) is 0 Å². The maximum Gasteiger partial charge on any atom is 0.255 e. The summed E-state index contributed by atoms with van der Waals surface area (Å²) in [4.78, 5) is 80.3. The summed E-state index contributed by atoms with van der Waals surface area (Å²) >= 11 is 0. The number of nitrogens with one attached hydrogen (secondary N) is 4. The third-order valence-corrected chi connectivity index (χ3v) is 10.4. The van der Waals surface area contributed by atoms with Crippen LogP contribution >= 0.6 is 0 Å². The first-order valence-electron chi connectivity index (χ1n) is 21.6. The number of ether oxygens (including phenoxy) is 3. The van der Waals surface area contributed by atoms with E-state index in [4.69, 9.17) is 36.7 Å². The lowest BCUT2D eigenvalue weighted by Crippen LogP contribution is -2.56. The molecular weight excluding hydrogens is 847 g/mol. The Kier molecular flexibility index (Phi) is 17.1. The molecule has 4 bridgehead atoms. The van der Waals surface area contributed by atoms with Crippen molar-refractivity contribution in [3.05, 3.63) is 89.2 Å². The van der Waals surface area contributed by atoms with Crippen LogP contribution in [-0.2, 0) is 25.6 Å². The van der Waals surface area contributed by atoms with Gasteiger partial charge in [-0.05, 0) is 107 Å². The van der Waals surface area contributed by atoms with Crippen molar-refractivity contribution in [2.75, 3.05) is 46.4 Å². The Labute approximate surface area is 384 Å². The molecule has 0 aliphatic carbocycles. The fourth-order valence-corrected chi connectivity index (χ4v) is 7.22. The van der Waals surface area contributed by atoms with Gasteiger partial charge >= 0.3 is 0 Å². The SMILES string of the molecule is Cc1nc(-c2ccc(OC(C)(C)C)cc2)ncc1C(=O)NC(CCN)C(=O)N(C)[C@@H]1C(=O)N[C@@H](C)C(=O)N[C@H](C(=O)NCC#N)Cc2ccc(OCCN)c(c2)-c2cc1ccc2OCCN. The third kappa shape index (κ3) is 12.8. The van der Waals surface area contributed by atoms with Crippen LogP contribution < -0.4 is 52.7 Å². The first-order chi connectivity index (χ1) is 31.5. The Hall–Kier alpha value is -7.14. The quantitative estimate of drug-likeness (QED) is 0.0790. The summed E-state index contributed by atoms with van der Waals surface area (Å²) in [5, 5.41) is 19.8. The molecule has 19 heteroatoms. The first-order valence-corrected chi connectivity index (χ1v) is 21.6. The molecule has 19 nitrogen and oxygen atoms in total. The van der Waals surface area contributed by atoms with Crippen LogP contribution in [0.5, 0.6) is 17.2 Å². The van der Waals surface area contributed by atoms with E-state index in [1.807, 2.05) is 51.1 Å². The number of rotatable bonds is 16. The molecule has 0 saturated heterocycles. The highest BCUT2D eigenvalue weighted by atomic mass is 16.5. The minimum atomic E-state index is -1.41. The molecule has 0 radical (unpaired) electrons. The van der Waals surface area contributed by atoms with Crippen molar-refractivity contribution in [3.8, 4) is 45.8 Å². The number of hydrogen-bond donors (Lipinski definition) is 7. The molecule has 5 amide bonds. The van der Waals surface area contributed by atoms with Gasteiger partial charge in [-0.3, -0.25) is 24.0 Å². The number of fused-ring (bicyclic) bond motifs is 5. The number of carbonyl (C=O) groups is 5. The summed E-state index contributed by atoms with van der Waals surface area (Å²) in [6, 6.07) is 14.2. The summed E-state index contributed by atoms with van der Waals surface area (Å²) in [6.07, 6.45) is 1.37. The van der Waals surface area contributed by atoms with Crippen molar-refractivity contribution in [1.82, 2.24) is 36.1 Å². The molecular formula is C47H59N11O8. The summed E-state index contributed by atoms with van der Waals surface area (Å²) in [5.74, 6) is -1.59. The average molecular weight is 906 g/mol. The molecule has 0 fully saturated rings. The predicted octanol–water partition coefficient (Wildman–Crippen LogP) is 1.80. The van der Waals surface area contributed by atoms with E-state index in [1.165, 1.54) is 25.1 Å². The monoisotopic (exact) mass is 905 g/mol. The third-order valence-electron chi connectivity index (χ3n) is 10.4. The summed E-state index contributed by atoms with van der Waals surface area (Å²) in [6.45, 7) is 9.28. The van der Waals surface area contributed by atoms with Crippen LogP contribution in [0.25, 0.3) is 22.5 Å². The number of likely N-dealkylation sites (N-methyl/N-ethyl adjacent to an activating group) is 1. The van der Waals surface area contributed by atoms with Gasteiger partial charge in [0.25, 0.3) is 5.91 Å². The van der Waals surface area contributed by atoms with Gasteiger partial charge in [0.2, 0.25) is 23.6 Å².